The second kappa shape index (κ2) is 7.03. The van der Waals surface area contributed by atoms with Crippen LogP contribution in [0, 0.1) is 12.7 Å². The van der Waals surface area contributed by atoms with Gasteiger partial charge in [-0.15, -0.1) is 0 Å². The lowest BCUT2D eigenvalue weighted by Gasteiger charge is -2.36. The van der Waals surface area contributed by atoms with Crippen molar-refractivity contribution < 1.29 is 17.5 Å². The Morgan fingerprint density at radius 2 is 1.96 bits per heavy atom. The number of aryl methyl sites for hydroxylation is 1. The number of hydrogen-bond acceptors (Lipinski definition) is 5. The highest BCUT2D eigenvalue weighted by Crippen LogP contribution is 2.31. The van der Waals surface area contributed by atoms with Crippen LogP contribution >= 0.6 is 11.3 Å². The van der Waals surface area contributed by atoms with Crippen LogP contribution in [0.3, 0.4) is 0 Å². The Labute approximate surface area is 160 Å². The molecule has 0 spiro atoms. The average molecular weight is 404 g/mol. The highest BCUT2D eigenvalue weighted by molar-refractivity contribution is 7.92. The van der Waals surface area contributed by atoms with E-state index in [9.17, 15) is 12.8 Å². The highest BCUT2D eigenvalue weighted by Gasteiger charge is 2.36. The maximum absolute atomic E-state index is 13.7. The largest absolute Gasteiger partial charge is 0.464 e. The molecular formula is C19H17FN2O3S2. The summed E-state index contributed by atoms with van der Waals surface area (Å²) in [4.78, 5) is 4.14. The second-order valence-electron chi connectivity index (χ2n) is 6.38. The van der Waals surface area contributed by atoms with E-state index in [1.165, 1.54) is 27.1 Å². The van der Waals surface area contributed by atoms with Crippen LogP contribution in [0.5, 0.6) is 5.19 Å². The molecule has 0 N–H and O–H groups in total. The molecule has 27 heavy (non-hydrogen) atoms. The number of rotatable bonds is 5. The first-order chi connectivity index (χ1) is 12.9. The first-order valence-electron chi connectivity index (χ1n) is 8.37. The zero-order valence-corrected chi connectivity index (χ0v) is 16.1. The summed E-state index contributed by atoms with van der Waals surface area (Å²) in [6, 6.07) is 12.4. The van der Waals surface area contributed by atoms with Gasteiger partial charge in [-0.1, -0.05) is 47.2 Å². The predicted molar refractivity (Wildman–Crippen MR) is 105 cm³/mol. The fourth-order valence-corrected chi connectivity index (χ4v) is 4.84. The van der Waals surface area contributed by atoms with Crippen molar-refractivity contribution in [2.75, 3.05) is 13.1 Å². The molecule has 0 aliphatic carbocycles. The van der Waals surface area contributed by atoms with Gasteiger partial charge in [0.1, 0.15) is 17.4 Å². The first-order valence-corrected chi connectivity index (χ1v) is 10.7. The van der Waals surface area contributed by atoms with Crippen LogP contribution < -0.4 is 4.74 Å². The molecule has 8 heteroatoms. The molecule has 0 radical (unpaired) electrons. The standard InChI is InChI=1S/C19H17FN2O3S2/c1-13-5-7-14(8-6-13)9-10-27(23,24)22-11-15(12-22)25-19-21-18-16(20)3-2-4-17(18)26-19/h2-10,15H,11-12H2,1H3/b10-9+. The van der Waals surface area contributed by atoms with Gasteiger partial charge in [0.05, 0.1) is 17.8 Å². The maximum Gasteiger partial charge on any atom is 0.274 e. The molecule has 2 aromatic carbocycles. The molecular weight excluding hydrogens is 387 g/mol. The molecule has 1 saturated heterocycles. The number of ether oxygens (including phenoxy) is 1. The molecule has 1 aliphatic rings. The van der Waals surface area contributed by atoms with E-state index in [0.717, 1.165) is 11.1 Å². The molecule has 1 aromatic heterocycles. The molecule has 0 atom stereocenters. The zero-order valence-electron chi connectivity index (χ0n) is 14.5. The van der Waals surface area contributed by atoms with Crippen molar-refractivity contribution in [3.63, 3.8) is 0 Å². The lowest BCUT2D eigenvalue weighted by molar-refractivity contribution is 0.0770. The molecule has 140 valence electrons. The Hall–Kier alpha value is -2.29. The van der Waals surface area contributed by atoms with Crippen LogP contribution in [0.25, 0.3) is 16.3 Å². The van der Waals surface area contributed by atoms with Gasteiger partial charge in [-0.2, -0.15) is 9.29 Å². The van der Waals surface area contributed by atoms with E-state index in [1.807, 2.05) is 31.2 Å². The lowest BCUT2D eigenvalue weighted by Crippen LogP contribution is -2.55. The number of thiazole rings is 1. The number of halogens is 1. The third kappa shape index (κ3) is 3.87. The number of nitrogens with zero attached hydrogens (tertiary/aromatic N) is 2. The normalized spacial score (nSPS) is 16.1. The fraction of sp³-hybridized carbons (Fsp3) is 0.211. The lowest BCUT2D eigenvalue weighted by atomic mass is 10.2. The monoisotopic (exact) mass is 404 g/mol. The van der Waals surface area contributed by atoms with Gasteiger partial charge < -0.3 is 4.74 Å². The van der Waals surface area contributed by atoms with Crippen LogP contribution in [0.15, 0.2) is 47.9 Å². The van der Waals surface area contributed by atoms with E-state index in [1.54, 1.807) is 18.2 Å². The fourth-order valence-electron chi connectivity index (χ4n) is 2.70. The van der Waals surface area contributed by atoms with E-state index in [2.05, 4.69) is 4.98 Å². The summed E-state index contributed by atoms with van der Waals surface area (Å²) in [5.41, 5.74) is 2.23. The molecule has 1 aliphatic heterocycles. The summed E-state index contributed by atoms with van der Waals surface area (Å²) in [5, 5.41) is 1.56. The third-order valence-corrected chi connectivity index (χ3v) is 6.71. The smallest absolute Gasteiger partial charge is 0.274 e. The van der Waals surface area contributed by atoms with Crippen molar-refractivity contribution in [3.05, 3.63) is 64.8 Å². The summed E-state index contributed by atoms with van der Waals surface area (Å²) in [6.45, 7) is 2.47. The number of para-hydroxylation sites is 1. The summed E-state index contributed by atoms with van der Waals surface area (Å²) in [7, 11) is -3.49. The first kappa shape index (κ1) is 18.1. The Kier molecular flexibility index (Phi) is 4.71. The molecule has 0 unspecified atom stereocenters. The molecule has 0 saturated carbocycles. The molecule has 3 aromatic rings. The molecule has 0 amide bonds. The minimum Gasteiger partial charge on any atom is -0.464 e. The van der Waals surface area contributed by atoms with Gasteiger partial charge in [0.25, 0.3) is 5.19 Å². The van der Waals surface area contributed by atoms with Gasteiger partial charge in [-0.05, 0) is 30.7 Å². The predicted octanol–water partition coefficient (Wildman–Crippen LogP) is 3.81. The van der Waals surface area contributed by atoms with Crippen LogP contribution in [-0.4, -0.2) is 36.9 Å². The number of benzene rings is 2. The van der Waals surface area contributed by atoms with Crippen molar-refractivity contribution >= 4 is 37.7 Å². The Bertz CT molecular complexity index is 1100. The minimum absolute atomic E-state index is 0.249. The van der Waals surface area contributed by atoms with E-state index in [-0.39, 0.29) is 24.7 Å². The number of hydrogen-bond donors (Lipinski definition) is 0. The number of sulfonamides is 1. The van der Waals surface area contributed by atoms with Gasteiger partial charge in [0.2, 0.25) is 10.0 Å². The van der Waals surface area contributed by atoms with Crippen molar-refractivity contribution in [1.29, 1.82) is 0 Å². The quantitative estimate of drug-likeness (QED) is 0.649. The maximum atomic E-state index is 13.7. The highest BCUT2D eigenvalue weighted by atomic mass is 32.2. The molecule has 2 heterocycles. The van der Waals surface area contributed by atoms with Crippen molar-refractivity contribution in [3.8, 4) is 5.19 Å². The van der Waals surface area contributed by atoms with Gasteiger partial charge in [-0.3, -0.25) is 0 Å². The van der Waals surface area contributed by atoms with E-state index < -0.39 is 15.8 Å². The number of aromatic nitrogens is 1. The SMILES string of the molecule is Cc1ccc(/C=C/S(=O)(=O)N2CC(Oc3nc4c(F)cccc4s3)C2)cc1. The topological polar surface area (TPSA) is 59.5 Å². The minimum atomic E-state index is -3.49. The second-order valence-corrected chi connectivity index (χ2v) is 9.19. The Morgan fingerprint density at radius 3 is 2.67 bits per heavy atom. The van der Waals surface area contributed by atoms with Crippen molar-refractivity contribution in [1.82, 2.24) is 9.29 Å². The summed E-state index contributed by atoms with van der Waals surface area (Å²) in [5.74, 6) is -0.391. The zero-order chi connectivity index (χ0) is 19.0. The van der Waals surface area contributed by atoms with E-state index >= 15 is 0 Å². The third-order valence-electron chi connectivity index (χ3n) is 4.30. The van der Waals surface area contributed by atoms with Gasteiger partial charge >= 0.3 is 0 Å². The summed E-state index contributed by atoms with van der Waals surface area (Å²) >= 11 is 1.25. The molecule has 5 nitrogen and oxygen atoms in total. The Balaban J connectivity index is 1.37. The Morgan fingerprint density at radius 1 is 1.22 bits per heavy atom. The van der Waals surface area contributed by atoms with Crippen LogP contribution in [0.1, 0.15) is 11.1 Å². The molecule has 4 rings (SSSR count). The van der Waals surface area contributed by atoms with Crippen molar-refractivity contribution in [2.24, 2.45) is 0 Å². The summed E-state index contributed by atoms with van der Waals surface area (Å²) < 4.78 is 46.2. The summed E-state index contributed by atoms with van der Waals surface area (Å²) in [6.07, 6.45) is 1.30. The van der Waals surface area contributed by atoms with Crippen LogP contribution in [-0.2, 0) is 10.0 Å². The van der Waals surface area contributed by atoms with Gasteiger partial charge in [-0.25, -0.2) is 12.8 Å². The number of fused-ring (bicyclic) bond motifs is 1. The molecule has 1 fully saturated rings. The van der Waals surface area contributed by atoms with E-state index in [0.29, 0.717) is 9.89 Å². The molecule has 0 bridgehead atoms. The van der Waals surface area contributed by atoms with Gasteiger partial charge in [0.15, 0.2) is 0 Å². The van der Waals surface area contributed by atoms with E-state index in [4.69, 9.17) is 4.74 Å². The average Bonchev–Trinajstić information content (AvgIpc) is 3.01. The van der Waals surface area contributed by atoms with Crippen LogP contribution in [0.4, 0.5) is 4.39 Å². The van der Waals surface area contributed by atoms with Gasteiger partial charge in [0, 0.05) is 5.41 Å². The van der Waals surface area contributed by atoms with Crippen LogP contribution in [0.2, 0.25) is 0 Å². The van der Waals surface area contributed by atoms with Crippen molar-refractivity contribution in [2.45, 2.75) is 13.0 Å².